The molecule has 1 aromatic carbocycles. The summed E-state index contributed by atoms with van der Waals surface area (Å²) in [5.74, 6) is 0. The quantitative estimate of drug-likeness (QED) is 0.806. The Balaban J connectivity index is 2.62. The molecule has 0 bridgehead atoms. The van der Waals surface area contributed by atoms with E-state index >= 15 is 0 Å². The summed E-state index contributed by atoms with van der Waals surface area (Å²) in [4.78, 5) is 0. The Hall–Kier alpha value is -1.22. The van der Waals surface area contributed by atoms with Crippen LogP contribution in [0.2, 0.25) is 0 Å². The van der Waals surface area contributed by atoms with E-state index in [0.717, 1.165) is 25.0 Å². The van der Waals surface area contributed by atoms with Crippen LogP contribution >= 0.6 is 15.9 Å². The van der Waals surface area contributed by atoms with Gasteiger partial charge in [-0.25, -0.2) is 0 Å². The largest absolute Gasteiger partial charge is 0.416 e. The smallest absolute Gasteiger partial charge is 0.384 e. The van der Waals surface area contributed by atoms with Crippen molar-refractivity contribution in [2.45, 2.75) is 25.4 Å². The second-order valence-corrected chi connectivity index (χ2v) is 4.59. The number of alkyl halides is 3. The molecule has 0 fully saturated rings. The maximum atomic E-state index is 12.5. The van der Waals surface area contributed by atoms with E-state index in [1.54, 1.807) is 0 Å². The molecule has 18 heavy (non-hydrogen) atoms. The Labute approximate surface area is 112 Å². The summed E-state index contributed by atoms with van der Waals surface area (Å²) in [5.41, 5.74) is -0.257. The number of hydrogen-bond donors (Lipinski definition) is 1. The van der Waals surface area contributed by atoms with Crippen molar-refractivity contribution >= 4 is 21.6 Å². The highest BCUT2D eigenvalue weighted by atomic mass is 79.9. The Kier molecular flexibility index (Phi) is 5.48. The van der Waals surface area contributed by atoms with Gasteiger partial charge in [-0.2, -0.15) is 18.4 Å². The van der Waals surface area contributed by atoms with Gasteiger partial charge >= 0.3 is 6.18 Å². The van der Waals surface area contributed by atoms with Crippen molar-refractivity contribution in [3.8, 4) is 6.07 Å². The van der Waals surface area contributed by atoms with E-state index in [-0.39, 0.29) is 0 Å². The zero-order valence-electron chi connectivity index (χ0n) is 9.52. The van der Waals surface area contributed by atoms with Gasteiger partial charge in [0.05, 0.1) is 11.6 Å². The molecule has 0 atom stereocenters. The van der Waals surface area contributed by atoms with Crippen molar-refractivity contribution < 1.29 is 13.2 Å². The summed E-state index contributed by atoms with van der Waals surface area (Å²) in [7, 11) is 0. The Morgan fingerprint density at radius 3 is 2.61 bits per heavy atom. The van der Waals surface area contributed by atoms with Crippen LogP contribution in [0.1, 0.15) is 24.8 Å². The normalized spacial score (nSPS) is 11.1. The van der Waals surface area contributed by atoms with Crippen LogP contribution in [-0.2, 0) is 6.18 Å². The molecule has 1 N–H and O–H groups in total. The number of rotatable bonds is 5. The first kappa shape index (κ1) is 14.8. The summed E-state index contributed by atoms with van der Waals surface area (Å²) < 4.78 is 38.1. The van der Waals surface area contributed by atoms with Crippen LogP contribution in [0.25, 0.3) is 0 Å². The minimum Gasteiger partial charge on any atom is -0.384 e. The molecule has 1 rings (SSSR count). The third-order valence-corrected chi connectivity index (χ3v) is 3.02. The van der Waals surface area contributed by atoms with Crippen molar-refractivity contribution in [1.29, 1.82) is 5.26 Å². The van der Waals surface area contributed by atoms with Crippen molar-refractivity contribution in [2.24, 2.45) is 0 Å². The molecule has 0 radical (unpaired) electrons. The molecule has 0 aliphatic carbocycles. The molecule has 98 valence electrons. The second-order valence-electron chi connectivity index (χ2n) is 3.73. The Bertz CT molecular complexity index is 438. The van der Waals surface area contributed by atoms with Gasteiger partial charge in [-0.3, -0.25) is 0 Å². The molecule has 0 aliphatic rings. The van der Waals surface area contributed by atoms with E-state index in [2.05, 4.69) is 21.2 Å². The molecule has 1 aromatic rings. The predicted octanol–water partition coefficient (Wildman–Crippen LogP) is 4.57. The van der Waals surface area contributed by atoms with E-state index in [4.69, 9.17) is 5.26 Å². The molecule has 0 aromatic heterocycles. The lowest BCUT2D eigenvalue weighted by molar-refractivity contribution is -0.137. The highest BCUT2D eigenvalue weighted by molar-refractivity contribution is 9.10. The fourth-order valence-electron chi connectivity index (χ4n) is 1.39. The van der Waals surface area contributed by atoms with Gasteiger partial charge < -0.3 is 5.32 Å². The molecule has 0 amide bonds. The summed E-state index contributed by atoms with van der Waals surface area (Å²) in [6, 6.07) is 5.51. The standard InChI is InChI=1S/C12H12BrF3N2/c13-10-5-4-9(12(14,15)16)8-11(10)18-7-3-1-2-6-17/h4-5,8,18H,1-3,7H2. The van der Waals surface area contributed by atoms with E-state index in [1.807, 2.05) is 6.07 Å². The molecular formula is C12H12BrF3N2. The third kappa shape index (κ3) is 4.57. The first-order valence-electron chi connectivity index (χ1n) is 5.42. The van der Waals surface area contributed by atoms with Crippen molar-refractivity contribution in [1.82, 2.24) is 0 Å². The fraction of sp³-hybridized carbons (Fsp3) is 0.417. The molecule has 0 saturated carbocycles. The van der Waals surface area contributed by atoms with E-state index in [1.165, 1.54) is 6.07 Å². The second kappa shape index (κ2) is 6.64. The number of nitrogens with one attached hydrogen (secondary N) is 1. The molecular weight excluding hydrogens is 309 g/mol. The van der Waals surface area contributed by atoms with Crippen molar-refractivity contribution in [3.63, 3.8) is 0 Å². The van der Waals surface area contributed by atoms with Gasteiger partial charge in [0.1, 0.15) is 0 Å². The Morgan fingerprint density at radius 2 is 2.00 bits per heavy atom. The van der Waals surface area contributed by atoms with Crippen LogP contribution in [-0.4, -0.2) is 6.54 Å². The summed E-state index contributed by atoms with van der Waals surface area (Å²) in [6.07, 6.45) is -2.39. The van der Waals surface area contributed by atoms with Gasteiger partial charge in [-0.1, -0.05) is 0 Å². The van der Waals surface area contributed by atoms with E-state index in [9.17, 15) is 13.2 Å². The van der Waals surface area contributed by atoms with E-state index < -0.39 is 11.7 Å². The van der Waals surface area contributed by atoms with Gasteiger partial charge in [0, 0.05) is 23.1 Å². The van der Waals surface area contributed by atoms with Crippen molar-refractivity contribution in [2.75, 3.05) is 11.9 Å². The SMILES string of the molecule is N#CCCCCNc1cc(C(F)(F)F)ccc1Br. The van der Waals surface area contributed by atoms with E-state index in [0.29, 0.717) is 23.1 Å². The maximum absolute atomic E-state index is 12.5. The lowest BCUT2D eigenvalue weighted by Gasteiger charge is -2.12. The van der Waals surface area contributed by atoms with Crippen molar-refractivity contribution in [3.05, 3.63) is 28.2 Å². The number of unbranched alkanes of at least 4 members (excludes halogenated alkanes) is 2. The molecule has 0 aliphatic heterocycles. The third-order valence-electron chi connectivity index (χ3n) is 2.32. The summed E-state index contributed by atoms with van der Waals surface area (Å²) in [6.45, 7) is 0.543. The number of hydrogen-bond acceptors (Lipinski definition) is 2. The monoisotopic (exact) mass is 320 g/mol. The molecule has 2 nitrogen and oxygen atoms in total. The number of nitriles is 1. The van der Waals surface area contributed by atoms with Gasteiger partial charge in [-0.15, -0.1) is 0 Å². The minimum absolute atomic E-state index is 0.418. The highest BCUT2D eigenvalue weighted by Crippen LogP contribution is 2.33. The van der Waals surface area contributed by atoms with Crippen LogP contribution in [0.3, 0.4) is 0 Å². The first-order chi connectivity index (χ1) is 8.45. The van der Waals surface area contributed by atoms with Gasteiger partial charge in [0.15, 0.2) is 0 Å². The topological polar surface area (TPSA) is 35.8 Å². The van der Waals surface area contributed by atoms with Gasteiger partial charge in [0.2, 0.25) is 0 Å². The minimum atomic E-state index is -4.34. The lowest BCUT2D eigenvalue weighted by Crippen LogP contribution is -2.07. The average molecular weight is 321 g/mol. The van der Waals surface area contributed by atoms with Crippen LogP contribution in [0, 0.1) is 11.3 Å². The van der Waals surface area contributed by atoms with Gasteiger partial charge in [0.25, 0.3) is 0 Å². The van der Waals surface area contributed by atoms with Crippen LogP contribution in [0.5, 0.6) is 0 Å². The first-order valence-corrected chi connectivity index (χ1v) is 6.22. The van der Waals surface area contributed by atoms with Crippen LogP contribution in [0.4, 0.5) is 18.9 Å². The van der Waals surface area contributed by atoms with Crippen LogP contribution in [0.15, 0.2) is 22.7 Å². The lowest BCUT2D eigenvalue weighted by atomic mass is 10.2. The molecule has 0 saturated heterocycles. The summed E-state index contributed by atoms with van der Waals surface area (Å²) in [5, 5.41) is 11.3. The van der Waals surface area contributed by atoms with Crippen LogP contribution < -0.4 is 5.32 Å². The predicted molar refractivity (Wildman–Crippen MR) is 67.1 cm³/mol. The fourth-order valence-corrected chi connectivity index (χ4v) is 1.78. The summed E-state index contributed by atoms with van der Waals surface area (Å²) >= 11 is 3.20. The number of nitrogens with zero attached hydrogens (tertiary/aromatic N) is 1. The maximum Gasteiger partial charge on any atom is 0.416 e. The zero-order chi connectivity index (χ0) is 13.6. The Morgan fingerprint density at radius 1 is 1.28 bits per heavy atom. The van der Waals surface area contributed by atoms with Gasteiger partial charge in [-0.05, 0) is 47.0 Å². The molecule has 0 heterocycles. The highest BCUT2D eigenvalue weighted by Gasteiger charge is 2.30. The molecule has 6 heteroatoms. The number of anilines is 1. The molecule has 0 unspecified atom stereocenters. The number of benzene rings is 1. The number of halogens is 4. The molecule has 0 spiro atoms. The zero-order valence-corrected chi connectivity index (χ0v) is 11.1. The average Bonchev–Trinajstić information content (AvgIpc) is 2.29.